The fraction of sp³-hybridized carbons (Fsp3) is 0.438. The van der Waals surface area contributed by atoms with E-state index in [9.17, 15) is 0 Å². The van der Waals surface area contributed by atoms with E-state index in [0.717, 1.165) is 24.3 Å². The minimum atomic E-state index is 0.905. The molecular weight excluding hydrogens is 416 g/mol. The first-order valence-electron chi connectivity index (χ1n) is 13.1. The van der Waals surface area contributed by atoms with Crippen molar-refractivity contribution in [3.8, 4) is 33.8 Å². The number of methoxy groups -OCH3 is 2. The van der Waals surface area contributed by atoms with Crippen LogP contribution in [0.2, 0.25) is 0 Å². The van der Waals surface area contributed by atoms with E-state index in [4.69, 9.17) is 9.47 Å². The molecule has 0 heterocycles. The second-order valence-corrected chi connectivity index (χ2v) is 9.24. The molecule has 2 nitrogen and oxygen atoms in total. The first kappa shape index (κ1) is 25.9. The van der Waals surface area contributed by atoms with E-state index in [1.165, 1.54) is 84.7 Å². The molecule has 0 spiro atoms. The molecule has 0 saturated carbocycles. The van der Waals surface area contributed by atoms with Gasteiger partial charge in [-0.2, -0.15) is 0 Å². The fourth-order valence-electron chi connectivity index (χ4n) is 4.67. The summed E-state index contributed by atoms with van der Waals surface area (Å²) in [6, 6.07) is 22.1. The molecule has 2 heteroatoms. The third kappa shape index (κ3) is 7.13. The van der Waals surface area contributed by atoms with Crippen LogP contribution in [0.15, 0.2) is 60.7 Å². The smallest absolute Gasteiger partial charge is 0.118 e. The lowest BCUT2D eigenvalue weighted by Gasteiger charge is -2.18. The second-order valence-electron chi connectivity index (χ2n) is 9.24. The van der Waals surface area contributed by atoms with E-state index in [1.807, 2.05) is 0 Å². The van der Waals surface area contributed by atoms with Crippen LogP contribution in [0, 0.1) is 0 Å². The van der Waals surface area contributed by atoms with Crippen molar-refractivity contribution in [2.45, 2.75) is 78.1 Å². The Balaban J connectivity index is 2.04. The molecule has 34 heavy (non-hydrogen) atoms. The van der Waals surface area contributed by atoms with Crippen LogP contribution in [0.3, 0.4) is 0 Å². The number of unbranched alkanes of at least 4 members (excludes halogenated alkanes) is 6. The SMILES string of the molecule is CCCCCCc1cc(-c2ccc(OC)cc2)c(CCCCCC)cc1-c1ccc(OC)cc1. The van der Waals surface area contributed by atoms with Gasteiger partial charge < -0.3 is 9.47 Å². The van der Waals surface area contributed by atoms with Gasteiger partial charge in [-0.1, -0.05) is 88.8 Å². The summed E-state index contributed by atoms with van der Waals surface area (Å²) in [6.45, 7) is 4.55. The summed E-state index contributed by atoms with van der Waals surface area (Å²) in [6.07, 6.45) is 12.4. The van der Waals surface area contributed by atoms with Crippen molar-refractivity contribution in [1.29, 1.82) is 0 Å². The Morgan fingerprint density at radius 1 is 0.500 bits per heavy atom. The van der Waals surface area contributed by atoms with Gasteiger partial charge in [-0.15, -0.1) is 0 Å². The zero-order valence-electron chi connectivity index (χ0n) is 21.7. The summed E-state index contributed by atoms with van der Waals surface area (Å²) >= 11 is 0. The molecule has 0 aromatic heterocycles. The minimum absolute atomic E-state index is 0.905. The van der Waals surface area contributed by atoms with Gasteiger partial charge in [0.15, 0.2) is 0 Å². The predicted octanol–water partition coefficient (Wildman–Crippen LogP) is 9.28. The summed E-state index contributed by atoms with van der Waals surface area (Å²) in [5.74, 6) is 1.81. The Labute approximate surface area is 207 Å². The van der Waals surface area contributed by atoms with E-state index in [0.29, 0.717) is 0 Å². The number of hydrogen-bond acceptors (Lipinski definition) is 2. The zero-order chi connectivity index (χ0) is 24.2. The third-order valence-electron chi connectivity index (χ3n) is 6.73. The zero-order valence-corrected chi connectivity index (χ0v) is 21.7. The molecule has 0 N–H and O–H groups in total. The van der Waals surface area contributed by atoms with Gasteiger partial charge in [0, 0.05) is 0 Å². The molecule has 182 valence electrons. The average Bonchev–Trinajstić information content (AvgIpc) is 2.89. The van der Waals surface area contributed by atoms with Crippen molar-refractivity contribution in [2.75, 3.05) is 14.2 Å². The highest BCUT2D eigenvalue weighted by molar-refractivity contribution is 5.77. The third-order valence-corrected chi connectivity index (χ3v) is 6.73. The van der Waals surface area contributed by atoms with E-state index in [-0.39, 0.29) is 0 Å². The van der Waals surface area contributed by atoms with Crippen LogP contribution in [0.1, 0.15) is 76.3 Å². The van der Waals surface area contributed by atoms with Crippen molar-refractivity contribution >= 4 is 0 Å². The van der Waals surface area contributed by atoms with E-state index >= 15 is 0 Å². The van der Waals surface area contributed by atoms with Crippen molar-refractivity contribution in [3.05, 3.63) is 71.8 Å². The van der Waals surface area contributed by atoms with Gasteiger partial charge in [0.25, 0.3) is 0 Å². The maximum atomic E-state index is 5.41. The Hall–Kier alpha value is -2.74. The van der Waals surface area contributed by atoms with Crippen LogP contribution in [0.4, 0.5) is 0 Å². The molecule has 0 radical (unpaired) electrons. The standard InChI is InChI=1S/C32H42O2/c1-5-7-9-11-13-27-23-32(26-17-21-30(34-4)22-18-26)28(14-12-10-8-6-2)24-31(27)25-15-19-29(33-3)20-16-25/h15-24H,5-14H2,1-4H3. The summed E-state index contributed by atoms with van der Waals surface area (Å²) < 4.78 is 10.8. The van der Waals surface area contributed by atoms with Crippen molar-refractivity contribution in [1.82, 2.24) is 0 Å². The van der Waals surface area contributed by atoms with Crippen LogP contribution in [-0.4, -0.2) is 14.2 Å². The number of benzene rings is 3. The Kier molecular flexibility index (Phi) is 10.5. The lowest BCUT2D eigenvalue weighted by Crippen LogP contribution is -1.99. The predicted molar refractivity (Wildman–Crippen MR) is 146 cm³/mol. The van der Waals surface area contributed by atoms with Gasteiger partial charge in [-0.3, -0.25) is 0 Å². The Morgan fingerprint density at radius 3 is 1.21 bits per heavy atom. The van der Waals surface area contributed by atoms with Gasteiger partial charge in [0.05, 0.1) is 14.2 Å². The van der Waals surface area contributed by atoms with Gasteiger partial charge in [-0.25, -0.2) is 0 Å². The molecule has 0 aliphatic rings. The summed E-state index contributed by atoms with van der Waals surface area (Å²) in [5.41, 5.74) is 8.21. The molecule has 0 saturated heterocycles. The average molecular weight is 459 g/mol. The molecule has 0 amide bonds. The van der Waals surface area contributed by atoms with Gasteiger partial charge in [-0.05, 0) is 83.3 Å². The molecule has 0 aliphatic carbocycles. The van der Waals surface area contributed by atoms with Crippen molar-refractivity contribution < 1.29 is 9.47 Å². The molecule has 3 rings (SSSR count). The van der Waals surface area contributed by atoms with Crippen LogP contribution in [0.5, 0.6) is 11.5 Å². The summed E-state index contributed by atoms with van der Waals surface area (Å²) in [7, 11) is 3.46. The quantitative estimate of drug-likeness (QED) is 0.224. The van der Waals surface area contributed by atoms with Gasteiger partial charge in [0.1, 0.15) is 11.5 Å². The first-order valence-corrected chi connectivity index (χ1v) is 13.1. The van der Waals surface area contributed by atoms with Crippen LogP contribution in [-0.2, 0) is 12.8 Å². The molecule has 0 bridgehead atoms. The topological polar surface area (TPSA) is 18.5 Å². The highest BCUT2D eigenvalue weighted by atomic mass is 16.5. The molecule has 3 aromatic rings. The maximum Gasteiger partial charge on any atom is 0.118 e. The van der Waals surface area contributed by atoms with Crippen molar-refractivity contribution in [2.24, 2.45) is 0 Å². The second kappa shape index (κ2) is 13.8. The summed E-state index contributed by atoms with van der Waals surface area (Å²) in [4.78, 5) is 0. The number of ether oxygens (including phenoxy) is 2. The number of rotatable bonds is 14. The highest BCUT2D eigenvalue weighted by Crippen LogP contribution is 2.35. The van der Waals surface area contributed by atoms with Gasteiger partial charge >= 0.3 is 0 Å². The van der Waals surface area contributed by atoms with Crippen LogP contribution >= 0.6 is 0 Å². The lowest BCUT2D eigenvalue weighted by atomic mass is 9.87. The summed E-state index contributed by atoms with van der Waals surface area (Å²) in [5, 5.41) is 0. The first-order chi connectivity index (χ1) is 16.7. The number of hydrogen-bond donors (Lipinski definition) is 0. The molecule has 0 fully saturated rings. The molecule has 3 aromatic carbocycles. The van der Waals surface area contributed by atoms with E-state index in [2.05, 4.69) is 74.5 Å². The molecule has 0 atom stereocenters. The Bertz CT molecular complexity index is 904. The van der Waals surface area contributed by atoms with E-state index in [1.54, 1.807) is 14.2 Å². The minimum Gasteiger partial charge on any atom is -0.497 e. The Morgan fingerprint density at radius 2 is 0.882 bits per heavy atom. The molecular formula is C32H42O2. The van der Waals surface area contributed by atoms with Gasteiger partial charge in [0.2, 0.25) is 0 Å². The monoisotopic (exact) mass is 458 g/mol. The number of aryl methyl sites for hydroxylation is 2. The maximum absolute atomic E-state index is 5.41. The highest BCUT2D eigenvalue weighted by Gasteiger charge is 2.14. The molecule has 0 aliphatic heterocycles. The fourth-order valence-corrected chi connectivity index (χ4v) is 4.67. The molecule has 0 unspecified atom stereocenters. The van der Waals surface area contributed by atoms with E-state index < -0.39 is 0 Å². The largest absolute Gasteiger partial charge is 0.497 e. The lowest BCUT2D eigenvalue weighted by molar-refractivity contribution is 0.415. The van der Waals surface area contributed by atoms with Crippen molar-refractivity contribution in [3.63, 3.8) is 0 Å². The van der Waals surface area contributed by atoms with Crippen LogP contribution in [0.25, 0.3) is 22.3 Å². The van der Waals surface area contributed by atoms with Crippen LogP contribution < -0.4 is 9.47 Å². The normalized spacial score (nSPS) is 10.9.